The van der Waals surface area contributed by atoms with Crippen molar-refractivity contribution in [3.05, 3.63) is 75.5 Å². The van der Waals surface area contributed by atoms with Gasteiger partial charge in [0, 0.05) is 28.3 Å². The average Bonchev–Trinajstić information content (AvgIpc) is 3.52. The van der Waals surface area contributed by atoms with Gasteiger partial charge in [0.05, 0.1) is 16.3 Å². The van der Waals surface area contributed by atoms with E-state index in [0.29, 0.717) is 23.0 Å². The number of hydrogen-bond donors (Lipinski definition) is 5. The first kappa shape index (κ1) is 27.2. The molecule has 2 aromatic carbocycles. The number of thioether (sulfide) groups is 1. The summed E-state index contributed by atoms with van der Waals surface area (Å²) in [5, 5.41) is 30.8. The molecule has 3 aromatic rings. The van der Waals surface area contributed by atoms with Crippen LogP contribution < -0.4 is 16.0 Å². The smallest absolute Gasteiger partial charge is 0.242 e. The van der Waals surface area contributed by atoms with E-state index in [1.165, 1.54) is 11.3 Å². The highest BCUT2D eigenvalue weighted by Gasteiger charge is 2.32. The molecule has 8 heteroatoms. The predicted octanol–water partition coefficient (Wildman–Crippen LogP) is 6.83. The lowest BCUT2D eigenvalue weighted by molar-refractivity contribution is -0.117. The Morgan fingerprint density at radius 1 is 0.973 bits per heavy atom. The Morgan fingerprint density at radius 2 is 1.59 bits per heavy atom. The van der Waals surface area contributed by atoms with Crippen LogP contribution in [0.2, 0.25) is 0 Å². The number of nitrogens with one attached hydrogen (secondary N) is 4. The van der Waals surface area contributed by atoms with E-state index in [4.69, 9.17) is 5.41 Å². The topological polar surface area (TPSA) is 97.2 Å². The van der Waals surface area contributed by atoms with Crippen LogP contribution in [0, 0.1) is 5.41 Å². The van der Waals surface area contributed by atoms with Gasteiger partial charge in [-0.2, -0.15) is 0 Å². The Hall–Kier alpha value is -2.81. The lowest BCUT2D eigenvalue weighted by Gasteiger charge is -2.28. The molecule has 0 radical (unpaired) electrons. The zero-order chi connectivity index (χ0) is 27.0. The van der Waals surface area contributed by atoms with Gasteiger partial charge >= 0.3 is 0 Å². The molecule has 1 aromatic heterocycles. The lowest BCUT2D eigenvalue weighted by Crippen LogP contribution is -2.38. The molecule has 196 valence electrons. The van der Waals surface area contributed by atoms with Gasteiger partial charge in [0.1, 0.15) is 11.6 Å². The third-order valence-electron chi connectivity index (χ3n) is 6.34. The summed E-state index contributed by atoms with van der Waals surface area (Å²) >= 11 is 3.24. The highest BCUT2D eigenvalue weighted by atomic mass is 32.2. The zero-order valence-corrected chi connectivity index (χ0v) is 23.9. The summed E-state index contributed by atoms with van der Waals surface area (Å²) in [4.78, 5) is 14.1. The Bertz CT molecular complexity index is 1240. The van der Waals surface area contributed by atoms with Crippen LogP contribution in [0.25, 0.3) is 0 Å². The maximum absolute atomic E-state index is 13.2. The van der Waals surface area contributed by atoms with E-state index >= 15 is 0 Å². The highest BCUT2D eigenvalue weighted by molar-refractivity contribution is 7.99. The summed E-state index contributed by atoms with van der Waals surface area (Å²) in [6.45, 7) is 12.4. The number of phenolic OH excluding ortho intramolecular Hbond substituents is 1. The van der Waals surface area contributed by atoms with Crippen LogP contribution in [-0.2, 0) is 15.6 Å². The molecule has 0 bridgehead atoms. The van der Waals surface area contributed by atoms with Gasteiger partial charge in [0.2, 0.25) is 5.91 Å². The van der Waals surface area contributed by atoms with Gasteiger partial charge in [-0.1, -0.05) is 59.7 Å². The van der Waals surface area contributed by atoms with Crippen molar-refractivity contribution in [2.24, 2.45) is 0 Å². The van der Waals surface area contributed by atoms with Crippen LogP contribution in [-0.4, -0.2) is 28.6 Å². The molecule has 2 heterocycles. The number of thiophene rings is 1. The first-order valence-electron chi connectivity index (χ1n) is 12.4. The Kier molecular flexibility index (Phi) is 7.74. The minimum absolute atomic E-state index is 0.0108. The molecule has 1 aliphatic heterocycles. The molecule has 1 amide bonds. The molecule has 0 spiro atoms. The molecule has 4 rings (SSSR count). The van der Waals surface area contributed by atoms with Crippen LogP contribution in [0.15, 0.2) is 53.9 Å². The number of anilines is 2. The lowest BCUT2D eigenvalue weighted by atomic mass is 9.79. The van der Waals surface area contributed by atoms with E-state index in [1.807, 2.05) is 53.9 Å². The number of amidine groups is 1. The van der Waals surface area contributed by atoms with Crippen molar-refractivity contribution in [1.29, 1.82) is 5.41 Å². The van der Waals surface area contributed by atoms with Gasteiger partial charge in [-0.3, -0.25) is 15.5 Å². The SMILES string of the molecule is CC(C)(C)c1cc(NC(=O)[C@@H]2CS[C@H](c3ccc(NC(=N)c4cccs4)cc3)N2)cc(C(C)(C)C)c1O. The molecular weight excluding hydrogens is 500 g/mol. The van der Waals surface area contributed by atoms with Gasteiger partial charge in [0.25, 0.3) is 0 Å². The van der Waals surface area contributed by atoms with Gasteiger partial charge in [-0.05, 0) is 52.1 Å². The molecule has 1 saturated heterocycles. The Balaban J connectivity index is 1.42. The summed E-state index contributed by atoms with van der Waals surface area (Å²) in [5.74, 6) is 1.26. The summed E-state index contributed by atoms with van der Waals surface area (Å²) in [6, 6.07) is 15.3. The fraction of sp³-hybridized carbons (Fsp3) is 0.379. The minimum atomic E-state index is -0.329. The van der Waals surface area contributed by atoms with E-state index in [-0.39, 0.29) is 28.2 Å². The molecule has 0 saturated carbocycles. The zero-order valence-electron chi connectivity index (χ0n) is 22.2. The van der Waals surface area contributed by atoms with E-state index in [9.17, 15) is 9.90 Å². The van der Waals surface area contributed by atoms with Gasteiger partial charge < -0.3 is 15.7 Å². The van der Waals surface area contributed by atoms with E-state index in [2.05, 4.69) is 57.5 Å². The fourth-order valence-corrected chi connectivity index (χ4v) is 6.13. The summed E-state index contributed by atoms with van der Waals surface area (Å²) in [7, 11) is 0. The molecule has 0 aliphatic carbocycles. The first-order chi connectivity index (χ1) is 17.3. The summed E-state index contributed by atoms with van der Waals surface area (Å²) in [6.07, 6.45) is 0. The minimum Gasteiger partial charge on any atom is -0.507 e. The summed E-state index contributed by atoms with van der Waals surface area (Å²) in [5.41, 5.74) is 3.77. The van der Waals surface area contributed by atoms with Crippen molar-refractivity contribution in [2.75, 3.05) is 16.4 Å². The molecule has 1 fully saturated rings. The second-order valence-corrected chi connectivity index (χ2v) is 13.5. The highest BCUT2D eigenvalue weighted by Crippen LogP contribution is 2.41. The second kappa shape index (κ2) is 10.5. The van der Waals surface area contributed by atoms with Crippen molar-refractivity contribution >= 4 is 46.2 Å². The molecule has 37 heavy (non-hydrogen) atoms. The van der Waals surface area contributed by atoms with Crippen molar-refractivity contribution in [1.82, 2.24) is 5.32 Å². The molecule has 1 aliphatic rings. The van der Waals surface area contributed by atoms with Gasteiger partial charge in [-0.25, -0.2) is 0 Å². The normalized spacial score (nSPS) is 18.0. The van der Waals surface area contributed by atoms with Crippen molar-refractivity contribution in [3.8, 4) is 5.75 Å². The fourth-order valence-electron chi connectivity index (χ4n) is 4.26. The Morgan fingerprint density at radius 3 is 2.14 bits per heavy atom. The molecule has 0 unspecified atom stereocenters. The number of aromatic hydroxyl groups is 1. The van der Waals surface area contributed by atoms with Crippen LogP contribution in [0.5, 0.6) is 5.75 Å². The molecule has 6 nitrogen and oxygen atoms in total. The van der Waals surface area contributed by atoms with E-state index in [1.54, 1.807) is 11.8 Å². The van der Waals surface area contributed by atoms with Crippen molar-refractivity contribution in [2.45, 2.75) is 63.8 Å². The van der Waals surface area contributed by atoms with Gasteiger partial charge in [0.15, 0.2) is 0 Å². The van der Waals surface area contributed by atoms with E-state index < -0.39 is 0 Å². The monoisotopic (exact) mass is 536 g/mol. The van der Waals surface area contributed by atoms with E-state index in [0.717, 1.165) is 27.3 Å². The molecule has 2 atom stereocenters. The largest absolute Gasteiger partial charge is 0.507 e. The predicted molar refractivity (Wildman–Crippen MR) is 157 cm³/mol. The number of phenols is 1. The van der Waals surface area contributed by atoms with Crippen molar-refractivity contribution in [3.63, 3.8) is 0 Å². The average molecular weight is 537 g/mol. The maximum atomic E-state index is 13.2. The van der Waals surface area contributed by atoms with Crippen LogP contribution >= 0.6 is 23.1 Å². The van der Waals surface area contributed by atoms with Crippen LogP contribution in [0.1, 0.15) is 68.5 Å². The first-order valence-corrected chi connectivity index (χ1v) is 14.3. The number of carbonyl (C=O) groups is 1. The van der Waals surface area contributed by atoms with Crippen LogP contribution in [0.4, 0.5) is 11.4 Å². The number of amides is 1. The number of rotatable bonds is 5. The number of carbonyl (C=O) groups excluding carboxylic acids is 1. The Labute approximate surface area is 227 Å². The van der Waals surface area contributed by atoms with Crippen molar-refractivity contribution < 1.29 is 9.90 Å². The van der Waals surface area contributed by atoms with Crippen LogP contribution in [0.3, 0.4) is 0 Å². The summed E-state index contributed by atoms with van der Waals surface area (Å²) < 4.78 is 0. The van der Waals surface area contributed by atoms with Gasteiger partial charge in [-0.15, -0.1) is 23.1 Å². The molecular formula is C29H36N4O2S2. The standard InChI is InChI=1S/C29H36N4O2S2/c1-28(2,3)20-14-19(15-21(24(20)34)29(4,5)6)32-26(35)22-16-37-27(33-22)17-9-11-18(12-10-17)31-25(30)23-8-7-13-36-23/h7-15,22,27,33-34H,16H2,1-6H3,(H2,30,31)(H,32,35)/t22-,27+/m0/s1. The number of benzene rings is 2. The second-order valence-electron chi connectivity index (χ2n) is 11.4. The maximum Gasteiger partial charge on any atom is 0.242 e. The third-order valence-corrected chi connectivity index (χ3v) is 8.50. The quantitative estimate of drug-likeness (QED) is 0.140. The number of hydrogen-bond acceptors (Lipinski definition) is 6. The molecule has 5 N–H and O–H groups in total. The third kappa shape index (κ3) is 6.37.